The Kier molecular flexibility index (Phi) is 6.55. The Bertz CT molecular complexity index is 881. The number of nitriles is 1. The summed E-state index contributed by atoms with van der Waals surface area (Å²) in [6, 6.07) is 15.1. The van der Waals surface area contributed by atoms with E-state index in [-0.39, 0.29) is 5.57 Å². The number of anilines is 3. The predicted octanol–water partition coefficient (Wildman–Crippen LogP) is 3.07. The van der Waals surface area contributed by atoms with Gasteiger partial charge in [0.25, 0.3) is 5.91 Å². The molecular formula is C20H20N4O3. The lowest BCUT2D eigenvalue weighted by atomic mass is 10.2. The van der Waals surface area contributed by atoms with E-state index in [9.17, 15) is 14.9 Å². The van der Waals surface area contributed by atoms with E-state index in [1.54, 1.807) is 48.5 Å². The monoisotopic (exact) mass is 364 g/mol. The van der Waals surface area contributed by atoms with Crippen molar-refractivity contribution < 1.29 is 14.3 Å². The zero-order valence-electron chi connectivity index (χ0n) is 15.1. The van der Waals surface area contributed by atoms with E-state index in [2.05, 4.69) is 5.32 Å². The summed E-state index contributed by atoms with van der Waals surface area (Å²) in [4.78, 5) is 25.6. The first-order chi connectivity index (χ1) is 13.0. The Morgan fingerprint density at radius 3 is 2.33 bits per heavy atom. The van der Waals surface area contributed by atoms with Crippen molar-refractivity contribution in [1.82, 2.24) is 0 Å². The van der Waals surface area contributed by atoms with Gasteiger partial charge in [-0.2, -0.15) is 5.26 Å². The van der Waals surface area contributed by atoms with Gasteiger partial charge in [-0.15, -0.1) is 0 Å². The fourth-order valence-corrected chi connectivity index (χ4v) is 2.30. The zero-order valence-corrected chi connectivity index (χ0v) is 15.1. The van der Waals surface area contributed by atoms with Gasteiger partial charge in [-0.1, -0.05) is 0 Å². The quantitative estimate of drug-likeness (QED) is 0.463. The lowest BCUT2D eigenvalue weighted by Crippen LogP contribution is -2.36. The van der Waals surface area contributed by atoms with E-state index < -0.39 is 11.8 Å². The van der Waals surface area contributed by atoms with Crippen molar-refractivity contribution in [2.45, 2.75) is 13.8 Å². The summed E-state index contributed by atoms with van der Waals surface area (Å²) in [5.74, 6) is -0.519. The van der Waals surface area contributed by atoms with Crippen molar-refractivity contribution in [3.63, 3.8) is 0 Å². The third kappa shape index (κ3) is 5.09. The molecule has 0 atom stereocenters. The number of carbonyl (C=O) groups is 2. The van der Waals surface area contributed by atoms with Crippen LogP contribution >= 0.6 is 0 Å². The van der Waals surface area contributed by atoms with Crippen LogP contribution < -0.4 is 20.7 Å². The normalized spacial score (nSPS) is 10.6. The first-order valence-corrected chi connectivity index (χ1v) is 8.26. The second kappa shape index (κ2) is 9.06. The molecule has 2 aromatic carbocycles. The van der Waals surface area contributed by atoms with Crippen LogP contribution in [0.25, 0.3) is 0 Å². The van der Waals surface area contributed by atoms with Gasteiger partial charge in [0, 0.05) is 24.5 Å². The highest BCUT2D eigenvalue weighted by molar-refractivity contribution is 6.21. The number of nitrogens with zero attached hydrogens (tertiary/aromatic N) is 2. The fourth-order valence-electron chi connectivity index (χ4n) is 2.30. The van der Waals surface area contributed by atoms with Crippen LogP contribution in [-0.2, 0) is 9.59 Å². The Morgan fingerprint density at radius 2 is 1.81 bits per heavy atom. The first kappa shape index (κ1) is 19.5. The van der Waals surface area contributed by atoms with Gasteiger partial charge in [-0.3, -0.25) is 9.59 Å². The topological polar surface area (TPSA) is 108 Å². The number of hydrogen-bond acceptors (Lipinski definition) is 6. The van der Waals surface area contributed by atoms with Crippen molar-refractivity contribution in [2.75, 3.05) is 22.6 Å². The molecule has 0 saturated carbocycles. The Hall–Kier alpha value is -3.79. The number of amides is 2. The van der Waals surface area contributed by atoms with Crippen LogP contribution in [0.2, 0.25) is 0 Å². The number of nitrogens with two attached hydrogens (primary N) is 1. The van der Waals surface area contributed by atoms with Crippen LogP contribution in [0.15, 0.2) is 60.3 Å². The summed E-state index contributed by atoms with van der Waals surface area (Å²) in [6.07, 6.45) is 1.27. The van der Waals surface area contributed by atoms with Gasteiger partial charge in [0.2, 0.25) is 5.91 Å². The molecule has 0 heterocycles. The van der Waals surface area contributed by atoms with E-state index >= 15 is 0 Å². The van der Waals surface area contributed by atoms with Crippen LogP contribution in [0.3, 0.4) is 0 Å². The molecular weight excluding hydrogens is 344 g/mol. The van der Waals surface area contributed by atoms with Gasteiger partial charge >= 0.3 is 0 Å². The minimum atomic E-state index is -0.729. The molecule has 138 valence electrons. The fraction of sp³-hybridized carbons (Fsp3) is 0.150. The van der Waals surface area contributed by atoms with E-state index in [1.165, 1.54) is 13.1 Å². The Morgan fingerprint density at radius 1 is 1.19 bits per heavy atom. The molecule has 0 aromatic heterocycles. The first-order valence-electron chi connectivity index (χ1n) is 8.26. The zero-order chi connectivity index (χ0) is 19.8. The SMILES string of the molecule is CCOc1ccc(N/C=C(/C#N)C(=O)N(C(C)=O)c2ccc(N)cc2)cc1. The molecule has 27 heavy (non-hydrogen) atoms. The van der Waals surface area contributed by atoms with Crippen molar-refractivity contribution in [3.8, 4) is 11.8 Å². The molecule has 0 aliphatic carbocycles. The molecule has 0 radical (unpaired) electrons. The second-order valence-corrected chi connectivity index (χ2v) is 5.52. The minimum absolute atomic E-state index is 0.212. The highest BCUT2D eigenvalue weighted by Gasteiger charge is 2.23. The van der Waals surface area contributed by atoms with Gasteiger partial charge in [0.05, 0.1) is 12.3 Å². The standard InChI is InChI=1S/C20H20N4O3/c1-3-27-19-10-6-17(7-11-19)23-13-15(12-21)20(26)24(14(2)25)18-8-4-16(22)5-9-18/h4-11,13,23H,3,22H2,1-2H3/b15-13-. The number of rotatable bonds is 6. The van der Waals surface area contributed by atoms with Crippen molar-refractivity contribution in [2.24, 2.45) is 0 Å². The molecule has 7 heteroatoms. The van der Waals surface area contributed by atoms with Crippen LogP contribution in [0.4, 0.5) is 17.1 Å². The van der Waals surface area contributed by atoms with Gasteiger partial charge < -0.3 is 15.8 Å². The molecule has 3 N–H and O–H groups in total. The summed E-state index contributed by atoms with van der Waals surface area (Å²) < 4.78 is 5.36. The van der Waals surface area contributed by atoms with Gasteiger partial charge in [-0.25, -0.2) is 4.90 Å². The summed E-state index contributed by atoms with van der Waals surface area (Å²) >= 11 is 0. The maximum atomic E-state index is 12.7. The molecule has 0 spiro atoms. The van der Waals surface area contributed by atoms with Gasteiger partial charge in [-0.05, 0) is 55.5 Å². The molecule has 0 bridgehead atoms. The molecule has 0 fully saturated rings. The van der Waals surface area contributed by atoms with Crippen molar-refractivity contribution >= 4 is 28.9 Å². The molecule has 2 rings (SSSR count). The summed E-state index contributed by atoms with van der Waals surface area (Å²) in [5.41, 5.74) is 6.93. The molecule has 0 aliphatic heterocycles. The number of imide groups is 1. The number of carbonyl (C=O) groups excluding carboxylic acids is 2. The largest absolute Gasteiger partial charge is 0.494 e. The van der Waals surface area contributed by atoms with Gasteiger partial charge in [0.1, 0.15) is 17.4 Å². The van der Waals surface area contributed by atoms with E-state index in [1.807, 2.05) is 13.0 Å². The molecule has 0 saturated heterocycles. The average molecular weight is 364 g/mol. The predicted molar refractivity (Wildman–Crippen MR) is 104 cm³/mol. The van der Waals surface area contributed by atoms with Crippen LogP contribution in [0.1, 0.15) is 13.8 Å². The molecule has 7 nitrogen and oxygen atoms in total. The molecule has 0 aliphatic rings. The lowest BCUT2D eigenvalue weighted by molar-refractivity contribution is -0.123. The number of nitrogens with one attached hydrogen (secondary N) is 1. The summed E-state index contributed by atoms with van der Waals surface area (Å²) in [5, 5.41) is 12.2. The Balaban J connectivity index is 2.21. The van der Waals surface area contributed by atoms with E-state index in [0.717, 1.165) is 10.6 Å². The molecule has 0 unspecified atom stereocenters. The maximum Gasteiger partial charge on any atom is 0.277 e. The van der Waals surface area contributed by atoms with Gasteiger partial charge in [0.15, 0.2) is 0 Å². The number of hydrogen-bond donors (Lipinski definition) is 2. The second-order valence-electron chi connectivity index (χ2n) is 5.52. The summed E-state index contributed by atoms with van der Waals surface area (Å²) in [7, 11) is 0. The average Bonchev–Trinajstić information content (AvgIpc) is 2.65. The number of benzene rings is 2. The highest BCUT2D eigenvalue weighted by Crippen LogP contribution is 2.20. The van der Waals surface area contributed by atoms with Crippen molar-refractivity contribution in [1.29, 1.82) is 5.26 Å². The molecule has 2 aromatic rings. The third-order valence-corrected chi connectivity index (χ3v) is 3.57. The van der Waals surface area contributed by atoms with Crippen LogP contribution in [0.5, 0.6) is 5.75 Å². The Labute approximate surface area is 157 Å². The highest BCUT2D eigenvalue weighted by atomic mass is 16.5. The smallest absolute Gasteiger partial charge is 0.277 e. The maximum absolute atomic E-state index is 12.7. The lowest BCUT2D eigenvalue weighted by Gasteiger charge is -2.19. The van der Waals surface area contributed by atoms with Crippen LogP contribution in [0, 0.1) is 11.3 Å². The molecule has 2 amide bonds. The third-order valence-electron chi connectivity index (χ3n) is 3.57. The van der Waals surface area contributed by atoms with E-state index in [0.29, 0.717) is 23.7 Å². The van der Waals surface area contributed by atoms with E-state index in [4.69, 9.17) is 10.5 Å². The number of nitrogen functional groups attached to an aromatic ring is 1. The van der Waals surface area contributed by atoms with Crippen molar-refractivity contribution in [3.05, 3.63) is 60.3 Å². The summed E-state index contributed by atoms with van der Waals surface area (Å²) in [6.45, 7) is 3.70. The minimum Gasteiger partial charge on any atom is -0.494 e. The van der Waals surface area contributed by atoms with Crippen LogP contribution in [-0.4, -0.2) is 18.4 Å². The number of ether oxygens (including phenoxy) is 1.